The lowest BCUT2D eigenvalue weighted by Gasteiger charge is -2.44. The number of ether oxygens (including phenoxy) is 5. The van der Waals surface area contributed by atoms with Crippen LogP contribution in [0.3, 0.4) is 0 Å². The number of nitrogens with zero attached hydrogens (tertiary/aromatic N) is 4. The number of halogens is 2. The van der Waals surface area contributed by atoms with Gasteiger partial charge in [0.15, 0.2) is 23.9 Å². The molecule has 2 aromatic carbocycles. The summed E-state index contributed by atoms with van der Waals surface area (Å²) in [4.78, 5) is 35.4. The Morgan fingerprint density at radius 2 is 1.67 bits per heavy atom. The molecule has 3 saturated heterocycles. The summed E-state index contributed by atoms with van der Waals surface area (Å²) in [6.07, 6.45) is 6.08. The molecule has 7 rings (SSSR count). The molecule has 14 heteroatoms. The van der Waals surface area contributed by atoms with Crippen LogP contribution in [0.1, 0.15) is 46.0 Å². The lowest BCUT2D eigenvalue weighted by Crippen LogP contribution is -2.53. The molecule has 3 fully saturated rings. The lowest BCUT2D eigenvalue weighted by atomic mass is 9.86. The smallest absolute Gasteiger partial charge is 0.414 e. The molecule has 0 N–H and O–H groups in total. The van der Waals surface area contributed by atoms with Gasteiger partial charge >= 0.3 is 12.1 Å². The third-order valence-corrected chi connectivity index (χ3v) is 9.97. The Morgan fingerprint density at radius 3 is 2.29 bits per heavy atom. The monoisotopic (exact) mass is 736 g/mol. The van der Waals surface area contributed by atoms with Crippen LogP contribution in [0.2, 0.25) is 10.0 Å². The van der Waals surface area contributed by atoms with Gasteiger partial charge in [0.2, 0.25) is 0 Å². The zero-order valence-electron chi connectivity index (χ0n) is 28.4. The van der Waals surface area contributed by atoms with Gasteiger partial charge in [-0.05, 0) is 67.2 Å². The van der Waals surface area contributed by atoms with Gasteiger partial charge in [-0.1, -0.05) is 41.4 Å². The number of aromatic nitrogens is 2. The second-order valence-electron chi connectivity index (χ2n) is 12.4. The third-order valence-electron chi connectivity index (χ3n) is 9.32. The van der Waals surface area contributed by atoms with Crippen molar-refractivity contribution in [3.63, 3.8) is 0 Å². The summed E-state index contributed by atoms with van der Waals surface area (Å²) >= 11 is 12.8. The molecule has 3 aliphatic heterocycles. The summed E-state index contributed by atoms with van der Waals surface area (Å²) in [5.41, 5.74) is 2.56. The zero-order valence-corrected chi connectivity index (χ0v) is 29.9. The number of rotatable bonds is 12. The van der Waals surface area contributed by atoms with Gasteiger partial charge in [-0.3, -0.25) is 14.8 Å². The van der Waals surface area contributed by atoms with E-state index in [1.807, 2.05) is 0 Å². The van der Waals surface area contributed by atoms with Crippen LogP contribution >= 0.6 is 23.2 Å². The maximum atomic E-state index is 13.7. The Labute approximate surface area is 305 Å². The minimum Gasteiger partial charge on any atom is -0.619 e. The van der Waals surface area contributed by atoms with Gasteiger partial charge in [-0.25, -0.2) is 9.59 Å². The SMILES string of the molecule is COc1cncc(N(Cc2ccc(C(=O)OC(Cc3c(Cl)c[n+]([O-])cc3Cl)c3ccc(OC)c(OC)c3)cc2)C(=O)O[C@H]2CN3CCC2CC3)c1. The van der Waals surface area contributed by atoms with Crippen LogP contribution in [0.25, 0.3) is 0 Å². The summed E-state index contributed by atoms with van der Waals surface area (Å²) in [5, 5.41) is 12.1. The first-order valence-corrected chi connectivity index (χ1v) is 17.2. The van der Waals surface area contributed by atoms with Crippen LogP contribution in [0.5, 0.6) is 17.2 Å². The number of piperidine rings is 3. The molecular formula is C37H38Cl2N4O8. The Balaban J connectivity index is 1.22. The zero-order chi connectivity index (χ0) is 36.1. The molecule has 1 amide bonds. The molecule has 0 aliphatic carbocycles. The molecule has 0 radical (unpaired) electrons. The molecule has 0 spiro atoms. The molecular weight excluding hydrogens is 699 g/mol. The maximum absolute atomic E-state index is 13.7. The van der Waals surface area contributed by atoms with Crippen LogP contribution in [0.4, 0.5) is 10.5 Å². The molecule has 12 nitrogen and oxygen atoms in total. The summed E-state index contributed by atoms with van der Waals surface area (Å²) in [6.45, 7) is 2.94. The number of carbonyl (C=O) groups is 2. The van der Waals surface area contributed by atoms with Gasteiger partial charge in [0.05, 0.1) is 51.5 Å². The van der Waals surface area contributed by atoms with Crippen molar-refractivity contribution in [2.75, 3.05) is 45.9 Å². The van der Waals surface area contributed by atoms with Gasteiger partial charge in [0, 0.05) is 24.6 Å². The average molecular weight is 738 g/mol. The van der Waals surface area contributed by atoms with Gasteiger partial charge < -0.3 is 28.9 Å². The van der Waals surface area contributed by atoms with Crippen molar-refractivity contribution >= 4 is 41.0 Å². The van der Waals surface area contributed by atoms with E-state index in [1.165, 1.54) is 38.6 Å². The fourth-order valence-corrected chi connectivity index (χ4v) is 7.08. The van der Waals surface area contributed by atoms with E-state index in [9.17, 15) is 14.8 Å². The number of hydrogen-bond donors (Lipinski definition) is 0. The van der Waals surface area contributed by atoms with Gasteiger partial charge in [-0.15, -0.1) is 0 Å². The number of esters is 1. The quantitative estimate of drug-likeness (QED) is 0.0913. The van der Waals surface area contributed by atoms with E-state index in [-0.39, 0.29) is 34.7 Å². The van der Waals surface area contributed by atoms with Crippen LogP contribution in [-0.4, -0.2) is 69.0 Å². The van der Waals surface area contributed by atoms with E-state index < -0.39 is 18.2 Å². The van der Waals surface area contributed by atoms with E-state index in [4.69, 9.17) is 46.9 Å². The Kier molecular flexibility index (Phi) is 11.3. The second kappa shape index (κ2) is 16.1. The standard InChI is InChI=1S/C37H38Cl2N4O8/c1-47-28-15-27(17-40-18-28)43(37(45)51-35-22-41-12-10-24(35)11-13-41)19-23-4-6-25(7-5-23)36(44)50-33(16-29-30(38)20-42(46)21-31(29)39)26-8-9-32(48-2)34(14-26)49-3/h4-9,14-15,17-18,20-21,24,33,35H,10-13,16,19,22H2,1-3H3/t33?,35-/m0/s1. The Bertz CT molecular complexity index is 1850. The predicted molar refractivity (Wildman–Crippen MR) is 190 cm³/mol. The fourth-order valence-electron chi connectivity index (χ4n) is 6.48. The Hall–Kier alpha value is -4.78. The van der Waals surface area contributed by atoms with Crippen LogP contribution in [0.15, 0.2) is 73.3 Å². The summed E-state index contributed by atoms with van der Waals surface area (Å²) in [6, 6.07) is 13.7. The number of carbonyl (C=O) groups excluding carboxylic acids is 2. The average Bonchev–Trinajstić information content (AvgIpc) is 3.15. The van der Waals surface area contributed by atoms with E-state index in [0.717, 1.165) is 38.0 Å². The minimum atomic E-state index is -0.869. The fraction of sp³-hybridized carbons (Fsp3) is 0.351. The molecule has 2 bridgehead atoms. The highest BCUT2D eigenvalue weighted by Crippen LogP contribution is 2.36. The van der Waals surface area contributed by atoms with Crippen LogP contribution < -0.4 is 23.8 Å². The van der Waals surface area contributed by atoms with E-state index in [0.29, 0.717) is 44.7 Å². The van der Waals surface area contributed by atoms with Crippen molar-refractivity contribution in [3.8, 4) is 17.2 Å². The first-order chi connectivity index (χ1) is 24.6. The molecule has 3 aliphatic rings. The number of fused-ring (bicyclic) bond motifs is 3. The molecule has 1 unspecified atom stereocenters. The van der Waals surface area contributed by atoms with Crippen LogP contribution in [-0.2, 0) is 22.4 Å². The number of amides is 1. The third kappa shape index (κ3) is 8.41. The van der Waals surface area contributed by atoms with E-state index in [2.05, 4.69) is 9.88 Å². The predicted octanol–water partition coefficient (Wildman–Crippen LogP) is 6.43. The largest absolute Gasteiger partial charge is 0.619 e. The van der Waals surface area contributed by atoms with Gasteiger partial charge in [0.1, 0.15) is 28.0 Å². The topological polar surface area (TPSA) is 127 Å². The van der Waals surface area contributed by atoms with Crippen molar-refractivity contribution < 1.29 is 38.0 Å². The second-order valence-corrected chi connectivity index (χ2v) is 13.2. The highest BCUT2D eigenvalue weighted by molar-refractivity contribution is 6.35. The number of pyridine rings is 2. The first kappa shape index (κ1) is 36.0. The number of hydrogen-bond acceptors (Lipinski definition) is 10. The number of methoxy groups -OCH3 is 3. The lowest BCUT2D eigenvalue weighted by molar-refractivity contribution is -0.605. The minimum absolute atomic E-state index is 0.0725. The highest BCUT2D eigenvalue weighted by Gasteiger charge is 2.37. The highest BCUT2D eigenvalue weighted by atomic mass is 35.5. The van der Waals surface area contributed by atoms with Crippen molar-refractivity contribution in [3.05, 3.63) is 111 Å². The van der Waals surface area contributed by atoms with Gasteiger partial charge in [-0.2, -0.15) is 4.73 Å². The van der Waals surface area contributed by atoms with Crippen molar-refractivity contribution in [1.82, 2.24) is 9.88 Å². The van der Waals surface area contributed by atoms with E-state index >= 15 is 0 Å². The summed E-state index contributed by atoms with van der Waals surface area (Å²) in [5.74, 6) is 1.16. The van der Waals surface area contributed by atoms with Crippen molar-refractivity contribution in [2.45, 2.75) is 38.0 Å². The molecule has 5 heterocycles. The molecule has 268 valence electrons. The summed E-state index contributed by atoms with van der Waals surface area (Å²) < 4.78 is 28.9. The first-order valence-electron chi connectivity index (χ1n) is 16.4. The van der Waals surface area contributed by atoms with Crippen molar-refractivity contribution in [2.24, 2.45) is 5.92 Å². The molecule has 2 aromatic heterocycles. The summed E-state index contributed by atoms with van der Waals surface area (Å²) in [7, 11) is 4.56. The molecule has 0 saturated carbocycles. The normalized spacial score (nSPS) is 18.4. The van der Waals surface area contributed by atoms with Crippen molar-refractivity contribution in [1.29, 1.82) is 0 Å². The van der Waals surface area contributed by atoms with E-state index in [1.54, 1.807) is 60.9 Å². The number of benzene rings is 2. The number of anilines is 1. The van der Waals surface area contributed by atoms with Gasteiger partial charge in [0.25, 0.3) is 0 Å². The molecule has 51 heavy (non-hydrogen) atoms. The maximum Gasteiger partial charge on any atom is 0.414 e. The molecule has 4 aromatic rings. The van der Waals surface area contributed by atoms with Crippen LogP contribution in [0, 0.1) is 11.1 Å². The Morgan fingerprint density at radius 1 is 0.961 bits per heavy atom. The molecule has 2 atom stereocenters.